The van der Waals surface area contributed by atoms with E-state index in [2.05, 4.69) is 5.10 Å². The monoisotopic (exact) mass is 372 g/mol. The van der Waals surface area contributed by atoms with Crippen molar-refractivity contribution >= 4 is 23.4 Å². The highest BCUT2D eigenvalue weighted by Crippen LogP contribution is 2.38. The summed E-state index contributed by atoms with van der Waals surface area (Å²) in [6.45, 7) is 7.27. The molecule has 1 aliphatic heterocycles. The van der Waals surface area contributed by atoms with Gasteiger partial charge in [0.25, 0.3) is 0 Å². The lowest BCUT2D eigenvalue weighted by Gasteiger charge is -2.39. The van der Waals surface area contributed by atoms with Crippen LogP contribution in [0.1, 0.15) is 27.7 Å². The van der Waals surface area contributed by atoms with Crippen molar-refractivity contribution in [3.05, 3.63) is 30.6 Å². The van der Waals surface area contributed by atoms with Gasteiger partial charge in [-0.25, -0.2) is 4.79 Å². The van der Waals surface area contributed by atoms with E-state index in [1.807, 2.05) is 13.0 Å². The second-order valence-corrected chi connectivity index (χ2v) is 7.57. The number of carboxylic acid groups (broad SMARTS) is 1. The number of rotatable bonds is 3. The van der Waals surface area contributed by atoms with Crippen LogP contribution in [0.3, 0.4) is 0 Å². The Morgan fingerprint density at radius 1 is 1.26 bits per heavy atom. The summed E-state index contributed by atoms with van der Waals surface area (Å²) in [5.41, 5.74) is 1.76. The molecular formula is C19H24N4O4. The molecule has 2 N–H and O–H groups in total. The zero-order chi connectivity index (χ0) is 19.9. The lowest BCUT2D eigenvalue weighted by molar-refractivity contribution is -0.117. The van der Waals surface area contributed by atoms with Gasteiger partial charge in [0.1, 0.15) is 0 Å². The van der Waals surface area contributed by atoms with Gasteiger partial charge in [-0.3, -0.25) is 14.4 Å². The number of hydrogen-bond acceptors (Lipinski definition) is 4. The molecule has 144 valence electrons. The van der Waals surface area contributed by atoms with E-state index in [1.54, 1.807) is 48.0 Å². The summed E-state index contributed by atoms with van der Waals surface area (Å²) in [4.78, 5) is 26.7. The average molecular weight is 372 g/mol. The molecule has 1 aliphatic rings. The predicted octanol–water partition coefficient (Wildman–Crippen LogP) is 2.56. The van der Waals surface area contributed by atoms with Crippen molar-refractivity contribution in [1.29, 1.82) is 0 Å². The number of nitrogens with zero attached hydrogens (tertiary/aromatic N) is 4. The SMILES string of the molecule is CC(=O)N1c2ccc(-c3cnn(CC(C)(C)O)c3)cc2N(C(=O)O)C[C@@H]1C. The van der Waals surface area contributed by atoms with Crippen molar-refractivity contribution in [3.63, 3.8) is 0 Å². The number of benzene rings is 1. The van der Waals surface area contributed by atoms with Gasteiger partial charge in [-0.1, -0.05) is 6.07 Å². The lowest BCUT2D eigenvalue weighted by Crippen LogP contribution is -2.51. The summed E-state index contributed by atoms with van der Waals surface area (Å²) in [6.07, 6.45) is 2.42. The Balaban J connectivity index is 2.03. The van der Waals surface area contributed by atoms with Crippen LogP contribution in [0.15, 0.2) is 30.6 Å². The van der Waals surface area contributed by atoms with Crippen molar-refractivity contribution in [3.8, 4) is 11.1 Å². The minimum Gasteiger partial charge on any atom is -0.465 e. The number of anilines is 2. The third-order valence-corrected chi connectivity index (χ3v) is 4.50. The highest BCUT2D eigenvalue weighted by Gasteiger charge is 2.33. The van der Waals surface area contributed by atoms with Crippen LogP contribution >= 0.6 is 0 Å². The molecule has 0 aliphatic carbocycles. The zero-order valence-electron chi connectivity index (χ0n) is 15.9. The van der Waals surface area contributed by atoms with Crippen LogP contribution in [0.2, 0.25) is 0 Å². The number of aliphatic hydroxyl groups is 1. The van der Waals surface area contributed by atoms with Gasteiger partial charge in [-0.05, 0) is 38.5 Å². The van der Waals surface area contributed by atoms with Crippen molar-refractivity contribution in [2.24, 2.45) is 0 Å². The first-order valence-electron chi connectivity index (χ1n) is 8.76. The van der Waals surface area contributed by atoms with Gasteiger partial charge in [0.2, 0.25) is 5.91 Å². The molecule has 1 aromatic carbocycles. The van der Waals surface area contributed by atoms with E-state index < -0.39 is 11.7 Å². The van der Waals surface area contributed by atoms with Crippen molar-refractivity contribution < 1.29 is 19.8 Å². The third kappa shape index (κ3) is 3.80. The van der Waals surface area contributed by atoms with Gasteiger partial charge < -0.3 is 15.1 Å². The maximum absolute atomic E-state index is 12.1. The summed E-state index contributed by atoms with van der Waals surface area (Å²) in [7, 11) is 0. The molecule has 2 heterocycles. The number of aromatic nitrogens is 2. The molecule has 0 spiro atoms. The fourth-order valence-electron chi connectivity index (χ4n) is 3.46. The van der Waals surface area contributed by atoms with Crippen LogP contribution in [0.5, 0.6) is 0 Å². The van der Waals surface area contributed by atoms with Crippen LogP contribution in [0, 0.1) is 0 Å². The first-order valence-corrected chi connectivity index (χ1v) is 8.76. The Labute approximate surface area is 157 Å². The Morgan fingerprint density at radius 2 is 1.96 bits per heavy atom. The van der Waals surface area contributed by atoms with E-state index in [0.29, 0.717) is 17.9 Å². The van der Waals surface area contributed by atoms with Crippen molar-refractivity contribution in [1.82, 2.24) is 9.78 Å². The Bertz CT molecular complexity index is 884. The fourth-order valence-corrected chi connectivity index (χ4v) is 3.46. The summed E-state index contributed by atoms with van der Waals surface area (Å²) < 4.78 is 1.65. The molecule has 0 fully saturated rings. The maximum Gasteiger partial charge on any atom is 0.411 e. The predicted molar refractivity (Wildman–Crippen MR) is 102 cm³/mol. The van der Waals surface area contributed by atoms with Gasteiger partial charge in [-0.15, -0.1) is 0 Å². The van der Waals surface area contributed by atoms with Gasteiger partial charge >= 0.3 is 6.09 Å². The van der Waals surface area contributed by atoms with E-state index in [-0.39, 0.29) is 18.5 Å². The normalized spacial score (nSPS) is 17.0. The minimum atomic E-state index is -1.05. The summed E-state index contributed by atoms with van der Waals surface area (Å²) in [5.74, 6) is -0.125. The molecule has 0 saturated carbocycles. The number of carbonyl (C=O) groups excluding carboxylic acids is 1. The fraction of sp³-hybridized carbons (Fsp3) is 0.421. The smallest absolute Gasteiger partial charge is 0.411 e. The van der Waals surface area contributed by atoms with E-state index in [4.69, 9.17) is 0 Å². The molecule has 2 amide bonds. The summed E-state index contributed by atoms with van der Waals surface area (Å²) >= 11 is 0. The average Bonchev–Trinajstić information content (AvgIpc) is 2.99. The summed E-state index contributed by atoms with van der Waals surface area (Å²) in [6, 6.07) is 5.13. The Morgan fingerprint density at radius 3 is 2.56 bits per heavy atom. The van der Waals surface area contributed by atoms with E-state index in [0.717, 1.165) is 11.1 Å². The Kier molecular flexibility index (Phi) is 4.69. The number of amides is 2. The molecule has 0 saturated heterocycles. The molecule has 8 heteroatoms. The first-order chi connectivity index (χ1) is 12.6. The van der Waals surface area contributed by atoms with Crippen LogP contribution in [-0.4, -0.2) is 50.2 Å². The summed E-state index contributed by atoms with van der Waals surface area (Å²) in [5, 5.41) is 23.8. The molecule has 0 bridgehead atoms. The molecule has 1 aromatic heterocycles. The topological polar surface area (TPSA) is 98.9 Å². The van der Waals surface area contributed by atoms with Gasteiger partial charge in [0.15, 0.2) is 0 Å². The molecule has 27 heavy (non-hydrogen) atoms. The molecule has 1 atom stereocenters. The second-order valence-electron chi connectivity index (χ2n) is 7.57. The second kappa shape index (κ2) is 6.70. The number of fused-ring (bicyclic) bond motifs is 1. The number of hydrogen-bond donors (Lipinski definition) is 2. The largest absolute Gasteiger partial charge is 0.465 e. The van der Waals surface area contributed by atoms with Crippen LogP contribution in [-0.2, 0) is 11.3 Å². The minimum absolute atomic E-state index is 0.125. The highest BCUT2D eigenvalue weighted by molar-refractivity contribution is 6.02. The van der Waals surface area contributed by atoms with Gasteiger partial charge in [0.05, 0.1) is 35.8 Å². The molecular weight excluding hydrogens is 348 g/mol. The van der Waals surface area contributed by atoms with Crippen molar-refractivity contribution in [2.45, 2.75) is 45.9 Å². The van der Waals surface area contributed by atoms with E-state index in [9.17, 15) is 19.8 Å². The maximum atomic E-state index is 12.1. The van der Waals surface area contributed by atoms with Crippen LogP contribution in [0.4, 0.5) is 16.2 Å². The van der Waals surface area contributed by atoms with Gasteiger partial charge in [-0.2, -0.15) is 5.10 Å². The van der Waals surface area contributed by atoms with Crippen molar-refractivity contribution in [2.75, 3.05) is 16.3 Å². The van der Waals surface area contributed by atoms with Crippen LogP contribution in [0.25, 0.3) is 11.1 Å². The third-order valence-electron chi connectivity index (χ3n) is 4.50. The highest BCUT2D eigenvalue weighted by atomic mass is 16.4. The Hall–Kier alpha value is -2.87. The van der Waals surface area contributed by atoms with E-state index >= 15 is 0 Å². The van der Waals surface area contributed by atoms with E-state index in [1.165, 1.54) is 11.8 Å². The molecule has 0 radical (unpaired) electrons. The quantitative estimate of drug-likeness (QED) is 0.863. The zero-order valence-corrected chi connectivity index (χ0v) is 15.9. The lowest BCUT2D eigenvalue weighted by atomic mass is 10.0. The van der Waals surface area contributed by atoms with Gasteiger partial charge in [0, 0.05) is 25.2 Å². The molecule has 0 unspecified atom stereocenters. The molecule has 8 nitrogen and oxygen atoms in total. The molecule has 3 rings (SSSR count). The molecule has 2 aromatic rings. The first kappa shape index (κ1) is 18.9. The standard InChI is InChI=1S/C19H24N4O4/c1-12-9-22(18(25)26)17-7-14(5-6-16(17)23(12)13(2)24)15-8-20-21(10-15)11-19(3,4)27/h5-8,10,12,27H,9,11H2,1-4H3,(H,25,26)/t12-/m0/s1. The van der Waals surface area contributed by atoms with Crippen LogP contribution < -0.4 is 9.80 Å². The number of carbonyl (C=O) groups is 2.